The lowest BCUT2D eigenvalue weighted by Gasteiger charge is -2.10. The quantitative estimate of drug-likeness (QED) is 0.899. The van der Waals surface area contributed by atoms with Crippen LogP contribution >= 0.6 is 0 Å². The van der Waals surface area contributed by atoms with Crippen molar-refractivity contribution in [3.8, 4) is 0 Å². The van der Waals surface area contributed by atoms with E-state index in [1.165, 1.54) is 0 Å². The minimum absolute atomic E-state index is 0.0307. The number of hydrogen-bond donors (Lipinski definition) is 2. The van der Waals surface area contributed by atoms with Gasteiger partial charge in [-0.25, -0.2) is 0 Å². The summed E-state index contributed by atoms with van der Waals surface area (Å²) in [4.78, 5) is 28.5. The molecule has 1 aliphatic heterocycles. The first-order valence-corrected chi connectivity index (χ1v) is 8.36. The lowest BCUT2D eigenvalue weighted by Crippen LogP contribution is -2.19. The molecule has 2 atom stereocenters. The topological polar surface area (TPSA) is 80.3 Å². The molecule has 1 aliphatic carbocycles. The molecule has 6 heteroatoms. The zero-order valence-corrected chi connectivity index (χ0v) is 13.7. The van der Waals surface area contributed by atoms with Crippen LogP contribution in [0.5, 0.6) is 0 Å². The predicted molar refractivity (Wildman–Crippen MR) is 93.2 cm³/mol. The number of nitrogens with one attached hydrogen (secondary N) is 2. The van der Waals surface area contributed by atoms with Gasteiger partial charge in [0.05, 0.1) is 6.61 Å². The molecule has 4 rings (SSSR count). The second-order valence-corrected chi connectivity index (χ2v) is 6.68. The fraction of sp³-hybridized carbons (Fsp3) is 0.316. The van der Waals surface area contributed by atoms with E-state index in [4.69, 9.17) is 4.74 Å². The van der Waals surface area contributed by atoms with Crippen LogP contribution in [0.4, 0.5) is 11.4 Å². The Labute approximate surface area is 145 Å². The molecule has 2 heterocycles. The van der Waals surface area contributed by atoms with Crippen molar-refractivity contribution in [3.05, 3.63) is 54.4 Å². The van der Waals surface area contributed by atoms with E-state index in [-0.39, 0.29) is 23.1 Å². The summed E-state index contributed by atoms with van der Waals surface area (Å²) in [6.45, 7) is 1.44. The number of ether oxygens (including phenoxy) is 1. The van der Waals surface area contributed by atoms with Gasteiger partial charge < -0.3 is 15.4 Å². The van der Waals surface area contributed by atoms with Crippen molar-refractivity contribution in [2.24, 2.45) is 11.3 Å². The Hall–Kier alpha value is -2.73. The van der Waals surface area contributed by atoms with E-state index in [2.05, 4.69) is 15.6 Å². The van der Waals surface area contributed by atoms with Gasteiger partial charge in [-0.15, -0.1) is 0 Å². The summed E-state index contributed by atoms with van der Waals surface area (Å²) in [6, 6.07) is 10.5. The van der Waals surface area contributed by atoms with Crippen molar-refractivity contribution in [2.45, 2.75) is 12.8 Å². The van der Waals surface area contributed by atoms with Crippen LogP contribution in [-0.4, -0.2) is 30.0 Å². The molecule has 2 fully saturated rings. The van der Waals surface area contributed by atoms with E-state index in [1.54, 1.807) is 42.7 Å². The van der Waals surface area contributed by atoms with E-state index < -0.39 is 0 Å². The van der Waals surface area contributed by atoms with Crippen LogP contribution < -0.4 is 10.6 Å². The lowest BCUT2D eigenvalue weighted by molar-refractivity contribution is -0.118. The fourth-order valence-corrected chi connectivity index (χ4v) is 3.39. The van der Waals surface area contributed by atoms with Crippen LogP contribution in [0.3, 0.4) is 0 Å². The van der Waals surface area contributed by atoms with Crippen LogP contribution in [0.25, 0.3) is 0 Å². The molecule has 1 saturated heterocycles. The number of nitrogens with zero attached hydrogens (tertiary/aromatic N) is 1. The number of hydrogen-bond acceptors (Lipinski definition) is 4. The third-order valence-electron chi connectivity index (χ3n) is 4.97. The second-order valence-electron chi connectivity index (χ2n) is 6.68. The van der Waals surface area contributed by atoms with Crippen LogP contribution in [-0.2, 0) is 9.53 Å². The molecule has 2 amide bonds. The van der Waals surface area contributed by atoms with Crippen molar-refractivity contribution < 1.29 is 14.3 Å². The van der Waals surface area contributed by atoms with E-state index in [0.29, 0.717) is 23.5 Å². The van der Waals surface area contributed by atoms with Gasteiger partial charge in [-0.2, -0.15) is 0 Å². The Balaban J connectivity index is 1.40. The zero-order valence-electron chi connectivity index (χ0n) is 13.7. The van der Waals surface area contributed by atoms with Crippen molar-refractivity contribution >= 4 is 23.2 Å². The number of rotatable bonds is 4. The minimum atomic E-state index is -0.213. The van der Waals surface area contributed by atoms with Gasteiger partial charge >= 0.3 is 0 Å². The van der Waals surface area contributed by atoms with Crippen molar-refractivity contribution in [2.75, 3.05) is 23.8 Å². The average molecular weight is 337 g/mol. The first-order chi connectivity index (χ1) is 12.2. The molecule has 2 N–H and O–H groups in total. The number of aromatic nitrogens is 1. The predicted octanol–water partition coefficient (Wildman–Crippen LogP) is 2.70. The number of benzene rings is 1. The first-order valence-electron chi connectivity index (χ1n) is 8.36. The minimum Gasteiger partial charge on any atom is -0.381 e. The summed E-state index contributed by atoms with van der Waals surface area (Å²) in [6.07, 6.45) is 5.01. The SMILES string of the molecule is O=C(Nc1cccc(NC(=O)C2CC23CCOC3)c1)c1ccncc1. The molecular formula is C19H19N3O3. The molecule has 128 valence electrons. The maximum atomic E-state index is 12.4. The molecule has 2 aliphatic rings. The van der Waals surface area contributed by atoms with Gasteiger partial charge in [-0.3, -0.25) is 14.6 Å². The molecule has 1 saturated carbocycles. The van der Waals surface area contributed by atoms with Crippen LogP contribution in [0.2, 0.25) is 0 Å². The normalized spacial score (nSPS) is 24.1. The summed E-state index contributed by atoms with van der Waals surface area (Å²) >= 11 is 0. The number of carbonyl (C=O) groups is 2. The van der Waals surface area contributed by atoms with Gasteiger partial charge in [0.25, 0.3) is 5.91 Å². The highest BCUT2D eigenvalue weighted by Gasteiger charge is 2.59. The smallest absolute Gasteiger partial charge is 0.255 e. The van der Waals surface area contributed by atoms with E-state index in [1.807, 2.05) is 6.07 Å². The largest absolute Gasteiger partial charge is 0.381 e. The highest BCUT2D eigenvalue weighted by Crippen LogP contribution is 2.58. The molecule has 0 bridgehead atoms. The molecule has 2 unspecified atom stereocenters. The van der Waals surface area contributed by atoms with Crippen LogP contribution in [0.1, 0.15) is 23.2 Å². The van der Waals surface area contributed by atoms with Gasteiger partial charge in [0.1, 0.15) is 0 Å². The fourth-order valence-electron chi connectivity index (χ4n) is 3.39. The summed E-state index contributed by atoms with van der Waals surface area (Å²) in [5, 5.41) is 5.78. The Morgan fingerprint density at radius 1 is 1.12 bits per heavy atom. The van der Waals surface area contributed by atoms with Gasteiger partial charge in [-0.1, -0.05) is 6.07 Å². The summed E-state index contributed by atoms with van der Waals surface area (Å²) in [5.74, 6) is -0.150. The van der Waals surface area contributed by atoms with Crippen LogP contribution in [0.15, 0.2) is 48.8 Å². The standard InChI is InChI=1S/C19H19N3O3/c23-17(13-4-7-20-8-5-13)21-14-2-1-3-15(10-14)22-18(24)16-11-19(16)6-9-25-12-19/h1-5,7-8,10,16H,6,9,11-12H2,(H,21,23)(H,22,24). The third-order valence-corrected chi connectivity index (χ3v) is 4.97. The Morgan fingerprint density at radius 2 is 1.88 bits per heavy atom. The van der Waals surface area contributed by atoms with Crippen LogP contribution in [0, 0.1) is 11.3 Å². The number of anilines is 2. The maximum absolute atomic E-state index is 12.4. The van der Waals surface area contributed by atoms with E-state index in [0.717, 1.165) is 19.4 Å². The van der Waals surface area contributed by atoms with E-state index >= 15 is 0 Å². The number of carbonyl (C=O) groups excluding carboxylic acids is 2. The van der Waals surface area contributed by atoms with Crippen molar-refractivity contribution in [3.63, 3.8) is 0 Å². The highest BCUT2D eigenvalue weighted by molar-refractivity contribution is 6.04. The highest BCUT2D eigenvalue weighted by atomic mass is 16.5. The second kappa shape index (κ2) is 6.29. The molecule has 1 spiro atoms. The van der Waals surface area contributed by atoms with Gasteiger partial charge in [-0.05, 0) is 43.2 Å². The van der Waals surface area contributed by atoms with Gasteiger partial charge in [0, 0.05) is 47.3 Å². The average Bonchev–Trinajstić information content (AvgIpc) is 3.13. The van der Waals surface area contributed by atoms with Crippen molar-refractivity contribution in [1.82, 2.24) is 4.98 Å². The molecule has 0 radical (unpaired) electrons. The molecule has 25 heavy (non-hydrogen) atoms. The Morgan fingerprint density at radius 3 is 2.60 bits per heavy atom. The monoisotopic (exact) mass is 337 g/mol. The zero-order chi connectivity index (χ0) is 17.3. The molecular weight excluding hydrogens is 318 g/mol. The first kappa shape index (κ1) is 15.8. The summed E-state index contributed by atoms with van der Waals surface area (Å²) < 4.78 is 5.43. The summed E-state index contributed by atoms with van der Waals surface area (Å²) in [5.41, 5.74) is 1.91. The molecule has 1 aromatic heterocycles. The van der Waals surface area contributed by atoms with Gasteiger partial charge in [0.15, 0.2) is 0 Å². The summed E-state index contributed by atoms with van der Waals surface area (Å²) in [7, 11) is 0. The third kappa shape index (κ3) is 3.25. The van der Waals surface area contributed by atoms with E-state index in [9.17, 15) is 9.59 Å². The maximum Gasteiger partial charge on any atom is 0.255 e. The number of pyridine rings is 1. The Kier molecular flexibility index (Phi) is 3.97. The number of amides is 2. The lowest BCUT2D eigenvalue weighted by atomic mass is 10.0. The molecule has 6 nitrogen and oxygen atoms in total. The molecule has 2 aromatic rings. The Bertz CT molecular complexity index is 801. The molecule has 1 aromatic carbocycles. The van der Waals surface area contributed by atoms with Crippen molar-refractivity contribution in [1.29, 1.82) is 0 Å². The van der Waals surface area contributed by atoms with Gasteiger partial charge in [0.2, 0.25) is 5.91 Å².